The maximum Gasteiger partial charge on any atom is 0.288 e. The van der Waals surface area contributed by atoms with Gasteiger partial charge in [0.25, 0.3) is 11.8 Å². The van der Waals surface area contributed by atoms with E-state index in [1.807, 2.05) is 48.5 Å². The molecule has 8 heteroatoms. The van der Waals surface area contributed by atoms with Crippen molar-refractivity contribution < 1.29 is 19.1 Å². The normalized spacial score (nSPS) is 14.1. The van der Waals surface area contributed by atoms with Gasteiger partial charge in [-0.2, -0.15) is 0 Å². The summed E-state index contributed by atoms with van der Waals surface area (Å²) in [4.78, 5) is 43.2. The van der Waals surface area contributed by atoms with E-state index in [4.69, 9.17) is 4.74 Å². The van der Waals surface area contributed by atoms with Crippen LogP contribution in [0.4, 0.5) is 0 Å². The van der Waals surface area contributed by atoms with Crippen molar-refractivity contribution >= 4 is 28.6 Å². The standard InChI is InChI=1S/C24H24N4O4/c29-22(16-32-19-7-2-1-3-8-19)28-14-12-18(13-15-28)23(30)26-27-24(31)21-11-10-17-6-4-5-9-20(17)25-21/h1-11,18H,12-16H2,(H,26,30)(H,27,31). The second kappa shape index (κ2) is 9.91. The van der Waals surface area contributed by atoms with Gasteiger partial charge in [0, 0.05) is 24.4 Å². The summed E-state index contributed by atoms with van der Waals surface area (Å²) in [6.45, 7) is 0.903. The van der Waals surface area contributed by atoms with Gasteiger partial charge in [-0.05, 0) is 37.1 Å². The molecule has 0 unspecified atom stereocenters. The van der Waals surface area contributed by atoms with Crippen molar-refractivity contribution in [3.63, 3.8) is 0 Å². The van der Waals surface area contributed by atoms with Crippen molar-refractivity contribution in [2.24, 2.45) is 5.92 Å². The number of para-hydroxylation sites is 2. The van der Waals surface area contributed by atoms with Crippen LogP contribution in [0.15, 0.2) is 66.7 Å². The van der Waals surface area contributed by atoms with Crippen LogP contribution in [0, 0.1) is 5.92 Å². The molecular weight excluding hydrogens is 408 g/mol. The molecule has 1 aromatic heterocycles. The van der Waals surface area contributed by atoms with Gasteiger partial charge in [-0.3, -0.25) is 25.2 Å². The second-order valence-electron chi connectivity index (χ2n) is 7.59. The number of rotatable bonds is 5. The summed E-state index contributed by atoms with van der Waals surface area (Å²) in [6, 6.07) is 20.1. The molecule has 1 fully saturated rings. The maximum atomic E-state index is 12.5. The third kappa shape index (κ3) is 5.21. The third-order valence-corrected chi connectivity index (χ3v) is 5.45. The predicted octanol–water partition coefficient (Wildman–Crippen LogP) is 2.31. The summed E-state index contributed by atoms with van der Waals surface area (Å²) in [5, 5.41) is 0.934. The number of pyridine rings is 1. The zero-order valence-corrected chi connectivity index (χ0v) is 17.5. The monoisotopic (exact) mass is 432 g/mol. The molecule has 1 aliphatic rings. The molecule has 0 bridgehead atoms. The molecule has 164 valence electrons. The topological polar surface area (TPSA) is 101 Å². The largest absolute Gasteiger partial charge is 0.484 e. The minimum absolute atomic E-state index is 0.0321. The molecule has 0 radical (unpaired) electrons. The van der Waals surface area contributed by atoms with Gasteiger partial charge in [0.1, 0.15) is 11.4 Å². The zero-order chi connectivity index (χ0) is 22.3. The molecule has 1 saturated heterocycles. The highest BCUT2D eigenvalue weighted by atomic mass is 16.5. The van der Waals surface area contributed by atoms with E-state index in [1.54, 1.807) is 23.1 Å². The number of aromatic nitrogens is 1. The lowest BCUT2D eigenvalue weighted by molar-refractivity contribution is -0.137. The van der Waals surface area contributed by atoms with Crippen molar-refractivity contribution in [1.82, 2.24) is 20.7 Å². The Morgan fingerprint density at radius 1 is 0.906 bits per heavy atom. The molecule has 3 amide bonds. The summed E-state index contributed by atoms with van der Waals surface area (Å²) >= 11 is 0. The zero-order valence-electron chi connectivity index (χ0n) is 17.5. The molecule has 1 aliphatic heterocycles. The average Bonchev–Trinajstić information content (AvgIpc) is 2.86. The van der Waals surface area contributed by atoms with Crippen molar-refractivity contribution in [2.75, 3.05) is 19.7 Å². The number of nitrogens with one attached hydrogen (secondary N) is 2. The molecule has 32 heavy (non-hydrogen) atoms. The smallest absolute Gasteiger partial charge is 0.288 e. The Labute approximate surface area is 185 Å². The second-order valence-corrected chi connectivity index (χ2v) is 7.59. The van der Waals surface area contributed by atoms with Gasteiger partial charge >= 0.3 is 0 Å². The first-order valence-electron chi connectivity index (χ1n) is 10.5. The number of amides is 3. The molecular formula is C24H24N4O4. The molecule has 0 atom stereocenters. The SMILES string of the molecule is O=C(NNC(=O)C1CCN(C(=O)COc2ccccc2)CC1)c1ccc2ccccc2n1. The molecule has 0 spiro atoms. The lowest BCUT2D eigenvalue weighted by Crippen LogP contribution is -2.48. The van der Waals surface area contributed by atoms with E-state index in [2.05, 4.69) is 15.8 Å². The first-order chi connectivity index (χ1) is 15.6. The number of ether oxygens (including phenoxy) is 1. The number of likely N-dealkylation sites (tertiary alicyclic amines) is 1. The van der Waals surface area contributed by atoms with Crippen molar-refractivity contribution in [1.29, 1.82) is 0 Å². The summed E-state index contributed by atoms with van der Waals surface area (Å²) in [5.41, 5.74) is 5.85. The van der Waals surface area contributed by atoms with Gasteiger partial charge in [0.2, 0.25) is 5.91 Å². The summed E-state index contributed by atoms with van der Waals surface area (Å²) in [5.74, 6) is -0.490. The van der Waals surface area contributed by atoms with Gasteiger partial charge < -0.3 is 9.64 Å². The van der Waals surface area contributed by atoms with Gasteiger partial charge in [0.15, 0.2) is 6.61 Å². The fourth-order valence-corrected chi connectivity index (χ4v) is 3.62. The van der Waals surface area contributed by atoms with Gasteiger partial charge in [-0.25, -0.2) is 4.98 Å². The van der Waals surface area contributed by atoms with Crippen LogP contribution in [-0.4, -0.2) is 47.3 Å². The number of hydrazine groups is 1. The highest BCUT2D eigenvalue weighted by Crippen LogP contribution is 2.18. The minimum atomic E-state index is -0.477. The summed E-state index contributed by atoms with van der Waals surface area (Å²) < 4.78 is 5.51. The van der Waals surface area contributed by atoms with E-state index in [0.29, 0.717) is 37.2 Å². The molecule has 2 heterocycles. The third-order valence-electron chi connectivity index (χ3n) is 5.45. The summed E-state index contributed by atoms with van der Waals surface area (Å²) in [6.07, 6.45) is 1.04. The number of benzene rings is 2. The molecule has 0 saturated carbocycles. The Hall–Kier alpha value is -3.94. The van der Waals surface area contributed by atoms with E-state index >= 15 is 0 Å². The average molecular weight is 432 g/mol. The Balaban J connectivity index is 1.21. The van der Waals surface area contributed by atoms with Gasteiger partial charge in [-0.15, -0.1) is 0 Å². The van der Waals surface area contributed by atoms with Crippen LogP contribution in [0.5, 0.6) is 5.75 Å². The highest BCUT2D eigenvalue weighted by Gasteiger charge is 2.27. The fraction of sp³-hybridized carbons (Fsp3) is 0.250. The molecule has 2 aromatic carbocycles. The van der Waals surface area contributed by atoms with Crippen LogP contribution >= 0.6 is 0 Å². The molecule has 4 rings (SSSR count). The number of piperidine rings is 1. The predicted molar refractivity (Wildman–Crippen MR) is 119 cm³/mol. The van der Waals surface area contributed by atoms with E-state index < -0.39 is 5.91 Å². The van der Waals surface area contributed by atoms with E-state index in [-0.39, 0.29) is 30.0 Å². The number of nitrogens with zero attached hydrogens (tertiary/aromatic N) is 2. The van der Waals surface area contributed by atoms with Crippen LogP contribution in [-0.2, 0) is 9.59 Å². The molecule has 8 nitrogen and oxygen atoms in total. The van der Waals surface area contributed by atoms with E-state index in [9.17, 15) is 14.4 Å². The first-order valence-corrected chi connectivity index (χ1v) is 10.5. The quantitative estimate of drug-likeness (QED) is 0.603. The Bertz CT molecular complexity index is 1110. The number of hydrogen-bond acceptors (Lipinski definition) is 5. The van der Waals surface area contributed by atoms with Crippen LogP contribution in [0.3, 0.4) is 0 Å². The summed E-state index contributed by atoms with van der Waals surface area (Å²) in [7, 11) is 0. The van der Waals surface area contributed by atoms with Crippen molar-refractivity contribution in [2.45, 2.75) is 12.8 Å². The van der Waals surface area contributed by atoms with Gasteiger partial charge in [-0.1, -0.05) is 42.5 Å². The van der Waals surface area contributed by atoms with E-state index in [1.165, 1.54) is 0 Å². The Kier molecular flexibility index (Phi) is 6.60. The molecule has 3 aromatic rings. The van der Waals surface area contributed by atoms with E-state index in [0.717, 1.165) is 5.39 Å². The Morgan fingerprint density at radius 3 is 2.41 bits per heavy atom. The van der Waals surface area contributed by atoms with Crippen LogP contribution in [0.2, 0.25) is 0 Å². The lowest BCUT2D eigenvalue weighted by Gasteiger charge is -2.31. The highest BCUT2D eigenvalue weighted by molar-refractivity contribution is 5.96. The molecule has 2 N–H and O–H groups in total. The van der Waals surface area contributed by atoms with Gasteiger partial charge in [0.05, 0.1) is 5.52 Å². The van der Waals surface area contributed by atoms with Crippen LogP contribution in [0.1, 0.15) is 23.3 Å². The number of fused-ring (bicyclic) bond motifs is 1. The maximum absolute atomic E-state index is 12.5. The van der Waals surface area contributed by atoms with Crippen LogP contribution < -0.4 is 15.6 Å². The van der Waals surface area contributed by atoms with Crippen molar-refractivity contribution in [3.8, 4) is 5.75 Å². The number of carbonyl (C=O) groups excluding carboxylic acids is 3. The van der Waals surface area contributed by atoms with Crippen LogP contribution in [0.25, 0.3) is 10.9 Å². The minimum Gasteiger partial charge on any atom is -0.484 e. The van der Waals surface area contributed by atoms with Crippen molar-refractivity contribution in [3.05, 3.63) is 72.4 Å². The number of hydrogen-bond donors (Lipinski definition) is 2. The fourth-order valence-electron chi connectivity index (χ4n) is 3.62. The lowest BCUT2D eigenvalue weighted by atomic mass is 9.96. The Morgan fingerprint density at radius 2 is 1.62 bits per heavy atom. The first kappa shape index (κ1) is 21.3. The number of carbonyl (C=O) groups is 3. The molecule has 0 aliphatic carbocycles.